The van der Waals surface area contributed by atoms with Crippen LogP contribution in [0.15, 0.2) is 53.4 Å². The van der Waals surface area contributed by atoms with E-state index in [1.165, 1.54) is 17.8 Å². The lowest BCUT2D eigenvalue weighted by molar-refractivity contribution is -0.113. The summed E-state index contributed by atoms with van der Waals surface area (Å²) in [6, 6.07) is 14.1. The van der Waals surface area contributed by atoms with Crippen LogP contribution in [0.5, 0.6) is 0 Å². The minimum absolute atomic E-state index is 0.0370. The number of halogens is 1. The van der Waals surface area contributed by atoms with Crippen molar-refractivity contribution in [2.75, 3.05) is 29.1 Å². The second-order valence-electron chi connectivity index (χ2n) is 8.06. The maximum Gasteiger partial charge on any atom is 0.414 e. The number of fused-ring (bicyclic) bond motifs is 2. The molecule has 1 atom stereocenters. The molecule has 1 saturated heterocycles. The lowest BCUT2D eigenvalue weighted by Gasteiger charge is -2.20. The molecule has 0 spiro atoms. The quantitative estimate of drug-likeness (QED) is 0.505. The van der Waals surface area contributed by atoms with E-state index in [1.54, 1.807) is 23.1 Å². The van der Waals surface area contributed by atoms with Crippen LogP contribution in [0.3, 0.4) is 0 Å². The van der Waals surface area contributed by atoms with Crippen LogP contribution < -0.4 is 15.5 Å². The third kappa shape index (κ3) is 4.79. The predicted molar refractivity (Wildman–Crippen MR) is 126 cm³/mol. The van der Waals surface area contributed by atoms with Crippen LogP contribution in [0.4, 0.5) is 20.6 Å². The molecular formula is C24H23FN4O3S. The van der Waals surface area contributed by atoms with Gasteiger partial charge in [-0.15, -0.1) is 11.8 Å². The number of carbonyl (C=O) groups excluding carboxylic acids is 2. The Morgan fingerprint density at radius 3 is 3.03 bits per heavy atom. The monoisotopic (exact) mass is 466 g/mol. The minimum Gasteiger partial charge on any atom is -0.444 e. The molecule has 2 aliphatic heterocycles. The van der Waals surface area contributed by atoms with Gasteiger partial charge in [0.15, 0.2) is 0 Å². The van der Waals surface area contributed by atoms with Gasteiger partial charge in [-0.25, -0.2) is 9.18 Å². The number of hydrogen-bond acceptors (Lipinski definition) is 6. The Morgan fingerprint density at radius 1 is 1.21 bits per heavy atom. The van der Waals surface area contributed by atoms with E-state index in [0.717, 1.165) is 41.4 Å². The number of cyclic esters (lactones) is 1. The average molecular weight is 467 g/mol. The van der Waals surface area contributed by atoms with E-state index in [9.17, 15) is 14.0 Å². The molecule has 3 heterocycles. The highest BCUT2D eigenvalue weighted by Crippen LogP contribution is 2.35. The van der Waals surface area contributed by atoms with E-state index in [2.05, 4.69) is 15.6 Å². The Kier molecular flexibility index (Phi) is 6.15. The molecule has 0 radical (unpaired) electrons. The molecule has 33 heavy (non-hydrogen) atoms. The first kappa shape index (κ1) is 21.7. The van der Waals surface area contributed by atoms with Gasteiger partial charge in [-0.1, -0.05) is 6.07 Å². The number of carbonyl (C=O) groups is 2. The van der Waals surface area contributed by atoms with Gasteiger partial charge in [0.25, 0.3) is 0 Å². The highest BCUT2D eigenvalue weighted by Gasteiger charge is 2.32. The molecule has 0 bridgehead atoms. The van der Waals surface area contributed by atoms with E-state index < -0.39 is 0 Å². The van der Waals surface area contributed by atoms with Crippen LogP contribution in [0.1, 0.15) is 18.5 Å². The molecule has 2 aliphatic rings. The lowest BCUT2D eigenvalue weighted by atomic mass is 10.1. The van der Waals surface area contributed by atoms with Gasteiger partial charge < -0.3 is 15.4 Å². The van der Waals surface area contributed by atoms with Gasteiger partial charge in [-0.2, -0.15) is 0 Å². The maximum absolute atomic E-state index is 13.8. The molecule has 1 aromatic heterocycles. The number of amides is 2. The largest absolute Gasteiger partial charge is 0.444 e. The number of aromatic nitrogens is 1. The fraction of sp³-hybridized carbons (Fsp3) is 0.292. The Hall–Kier alpha value is -3.17. The Labute approximate surface area is 194 Å². The summed E-state index contributed by atoms with van der Waals surface area (Å²) in [5, 5.41) is 6.72. The van der Waals surface area contributed by atoms with Gasteiger partial charge in [0.2, 0.25) is 5.91 Å². The standard InChI is InChI=1S/C24H23FN4O3S/c25-19-4-1-5-20-18(19)8-6-15(27-20)12-26-10-2-3-17-13-29(24(31)32-17)16-7-9-22-21(11-16)28-23(30)14-33-22/h1,4-9,11,17,26H,2-3,10,12-14H2,(H,28,30). The van der Waals surface area contributed by atoms with Crippen molar-refractivity contribution in [2.24, 2.45) is 0 Å². The molecule has 1 unspecified atom stereocenters. The third-order valence-corrected chi connectivity index (χ3v) is 6.78. The molecular weight excluding hydrogens is 443 g/mol. The minimum atomic E-state index is -0.365. The fourth-order valence-electron chi connectivity index (χ4n) is 4.05. The van der Waals surface area contributed by atoms with Crippen molar-refractivity contribution in [1.29, 1.82) is 0 Å². The van der Waals surface area contributed by atoms with Crippen molar-refractivity contribution >= 4 is 46.0 Å². The Bertz CT molecular complexity index is 1220. The molecule has 170 valence electrons. The molecule has 1 fully saturated rings. The molecule has 2 N–H and O–H groups in total. The van der Waals surface area contributed by atoms with Crippen molar-refractivity contribution < 1.29 is 18.7 Å². The summed E-state index contributed by atoms with van der Waals surface area (Å²) in [5.41, 5.74) is 2.96. The van der Waals surface area contributed by atoms with Gasteiger partial charge in [0.1, 0.15) is 11.9 Å². The highest BCUT2D eigenvalue weighted by molar-refractivity contribution is 8.00. The summed E-state index contributed by atoms with van der Waals surface area (Å²) >= 11 is 1.49. The topological polar surface area (TPSA) is 83.6 Å². The first-order chi connectivity index (χ1) is 16.1. The second kappa shape index (κ2) is 9.36. The van der Waals surface area contributed by atoms with Crippen LogP contribution in [-0.4, -0.2) is 41.9 Å². The number of anilines is 2. The second-order valence-corrected chi connectivity index (χ2v) is 9.08. The molecule has 2 amide bonds. The lowest BCUT2D eigenvalue weighted by Crippen LogP contribution is -2.25. The van der Waals surface area contributed by atoms with E-state index in [1.807, 2.05) is 24.3 Å². The van der Waals surface area contributed by atoms with Crippen LogP contribution in [0.2, 0.25) is 0 Å². The first-order valence-electron chi connectivity index (χ1n) is 10.9. The molecule has 7 nitrogen and oxygen atoms in total. The van der Waals surface area contributed by atoms with Crippen LogP contribution in [-0.2, 0) is 16.1 Å². The molecule has 5 rings (SSSR count). The average Bonchev–Trinajstić information content (AvgIpc) is 3.18. The summed E-state index contributed by atoms with van der Waals surface area (Å²) in [4.78, 5) is 31.1. The van der Waals surface area contributed by atoms with Crippen molar-refractivity contribution in [3.05, 3.63) is 60.0 Å². The fourth-order valence-corrected chi connectivity index (χ4v) is 4.84. The van der Waals surface area contributed by atoms with E-state index in [-0.39, 0.29) is 23.9 Å². The number of pyridine rings is 1. The van der Waals surface area contributed by atoms with Gasteiger partial charge in [-0.3, -0.25) is 14.7 Å². The number of rotatable bonds is 7. The molecule has 3 aromatic rings. The van der Waals surface area contributed by atoms with Crippen LogP contribution >= 0.6 is 11.8 Å². The zero-order valence-corrected chi connectivity index (χ0v) is 18.7. The van der Waals surface area contributed by atoms with Crippen molar-refractivity contribution in [2.45, 2.75) is 30.4 Å². The SMILES string of the molecule is O=C1CSc2ccc(N3CC(CCCNCc4ccc5c(F)cccc5n4)OC3=O)cc2N1. The van der Waals surface area contributed by atoms with E-state index in [4.69, 9.17) is 4.74 Å². The summed E-state index contributed by atoms with van der Waals surface area (Å²) in [5.74, 6) is 0.104. The van der Waals surface area contributed by atoms with Crippen LogP contribution in [0.25, 0.3) is 10.9 Å². The van der Waals surface area contributed by atoms with Crippen molar-refractivity contribution in [3.63, 3.8) is 0 Å². The summed E-state index contributed by atoms with van der Waals surface area (Å²) in [6.45, 7) is 1.82. The summed E-state index contributed by atoms with van der Waals surface area (Å²) in [6.07, 6.45) is 1.03. The zero-order chi connectivity index (χ0) is 22.8. The van der Waals surface area contributed by atoms with Crippen molar-refractivity contribution in [1.82, 2.24) is 10.3 Å². The van der Waals surface area contributed by atoms with E-state index >= 15 is 0 Å². The molecule has 9 heteroatoms. The van der Waals surface area contributed by atoms with Gasteiger partial charge in [0, 0.05) is 22.5 Å². The zero-order valence-electron chi connectivity index (χ0n) is 17.8. The smallest absolute Gasteiger partial charge is 0.414 e. The van der Waals surface area contributed by atoms with Crippen LogP contribution in [0, 0.1) is 5.82 Å². The Morgan fingerprint density at radius 2 is 2.12 bits per heavy atom. The summed E-state index contributed by atoms with van der Waals surface area (Å²) in [7, 11) is 0. The third-order valence-electron chi connectivity index (χ3n) is 5.70. The number of hydrogen-bond donors (Lipinski definition) is 2. The van der Waals surface area contributed by atoms with Gasteiger partial charge in [0.05, 0.1) is 29.2 Å². The number of nitrogens with one attached hydrogen (secondary N) is 2. The predicted octanol–water partition coefficient (Wildman–Crippen LogP) is 4.31. The summed E-state index contributed by atoms with van der Waals surface area (Å²) < 4.78 is 19.3. The van der Waals surface area contributed by atoms with E-state index in [0.29, 0.717) is 29.7 Å². The molecule has 0 aliphatic carbocycles. The number of nitrogens with zero attached hydrogens (tertiary/aromatic N) is 2. The highest BCUT2D eigenvalue weighted by atomic mass is 32.2. The molecule has 0 saturated carbocycles. The first-order valence-corrected chi connectivity index (χ1v) is 11.8. The van der Waals surface area contributed by atoms with Gasteiger partial charge >= 0.3 is 6.09 Å². The number of thioether (sulfide) groups is 1. The normalized spacial score (nSPS) is 17.7. The van der Waals surface area contributed by atoms with Gasteiger partial charge in [-0.05, 0) is 61.9 Å². The maximum atomic E-state index is 13.8. The Balaban J connectivity index is 1.10. The number of benzene rings is 2. The van der Waals surface area contributed by atoms with Crippen molar-refractivity contribution in [3.8, 4) is 0 Å². The molecule has 2 aromatic carbocycles. The number of ether oxygens (including phenoxy) is 1.